The summed E-state index contributed by atoms with van der Waals surface area (Å²) in [6.45, 7) is 6.26. The Labute approximate surface area is 86.7 Å². The van der Waals surface area contributed by atoms with Gasteiger partial charge in [0, 0.05) is 12.0 Å². The predicted molar refractivity (Wildman–Crippen MR) is 62.9 cm³/mol. The highest BCUT2D eigenvalue weighted by atomic mass is 13.9. The summed E-state index contributed by atoms with van der Waals surface area (Å²) in [5.41, 5.74) is 3.65. The van der Waals surface area contributed by atoms with E-state index in [4.69, 9.17) is 0 Å². The zero-order valence-electron chi connectivity index (χ0n) is 9.09. The smallest absolute Gasteiger partial charge is 0.0245 e. The van der Waals surface area contributed by atoms with Crippen molar-refractivity contribution in [3.63, 3.8) is 0 Å². The molecule has 0 saturated carbocycles. The molecular weight excluding hydrogens is 168 g/mol. The van der Waals surface area contributed by atoms with Crippen molar-refractivity contribution in [1.82, 2.24) is 0 Å². The van der Waals surface area contributed by atoms with Gasteiger partial charge in [-0.1, -0.05) is 42.5 Å². The molecule has 0 heteroatoms. The van der Waals surface area contributed by atoms with E-state index in [1.165, 1.54) is 11.1 Å². The summed E-state index contributed by atoms with van der Waals surface area (Å²) in [6, 6.07) is 8.34. The van der Waals surface area contributed by atoms with Gasteiger partial charge >= 0.3 is 0 Å². The highest BCUT2D eigenvalue weighted by molar-refractivity contribution is 5.53. The Bertz CT molecular complexity index is 365. The summed E-state index contributed by atoms with van der Waals surface area (Å²) in [5, 5.41) is 0. The van der Waals surface area contributed by atoms with Gasteiger partial charge in [0.05, 0.1) is 0 Å². The molecule has 0 radical (unpaired) electrons. The lowest BCUT2D eigenvalue weighted by atomic mass is 10.1. The van der Waals surface area contributed by atoms with E-state index in [0.717, 1.165) is 12.0 Å². The second kappa shape index (κ2) is 5.29. The maximum Gasteiger partial charge on any atom is 0.0245 e. The van der Waals surface area contributed by atoms with Crippen molar-refractivity contribution in [3.8, 4) is 11.8 Å². The van der Waals surface area contributed by atoms with Crippen molar-refractivity contribution in [2.75, 3.05) is 0 Å². The van der Waals surface area contributed by atoms with Gasteiger partial charge in [0.2, 0.25) is 0 Å². The molecule has 0 aliphatic heterocycles. The fourth-order valence-corrected chi connectivity index (χ4v) is 1.19. The van der Waals surface area contributed by atoms with Crippen LogP contribution in [0.1, 0.15) is 38.3 Å². The summed E-state index contributed by atoms with van der Waals surface area (Å²) >= 11 is 0. The first-order valence-corrected chi connectivity index (χ1v) is 4.96. The van der Waals surface area contributed by atoms with Gasteiger partial charge in [-0.2, -0.15) is 0 Å². The van der Waals surface area contributed by atoms with E-state index in [0.29, 0.717) is 0 Å². The van der Waals surface area contributed by atoms with Crippen LogP contribution in [-0.4, -0.2) is 0 Å². The van der Waals surface area contributed by atoms with Crippen LogP contribution < -0.4 is 0 Å². The fourth-order valence-electron chi connectivity index (χ4n) is 1.19. The molecule has 0 heterocycles. The minimum atomic E-state index is 0.912. The molecule has 0 atom stereocenters. The summed E-state index contributed by atoms with van der Waals surface area (Å²) in [5.74, 6) is 6.16. The Morgan fingerprint density at radius 3 is 2.36 bits per heavy atom. The first-order valence-electron chi connectivity index (χ1n) is 4.96. The number of allylic oxidation sites excluding steroid dienone is 1. The fraction of sp³-hybridized carbons (Fsp3) is 0.286. The number of benzene rings is 1. The summed E-state index contributed by atoms with van der Waals surface area (Å²) in [4.78, 5) is 0. The largest absolute Gasteiger partial charge is 0.0982 e. The Morgan fingerprint density at radius 1 is 1.21 bits per heavy atom. The maximum absolute atomic E-state index is 3.10. The molecule has 1 aromatic carbocycles. The third kappa shape index (κ3) is 3.49. The lowest BCUT2D eigenvalue weighted by Crippen LogP contribution is -1.76. The van der Waals surface area contributed by atoms with Gasteiger partial charge in [0.25, 0.3) is 0 Å². The van der Waals surface area contributed by atoms with E-state index < -0.39 is 0 Å². The van der Waals surface area contributed by atoms with E-state index in [2.05, 4.69) is 63.0 Å². The lowest BCUT2D eigenvalue weighted by molar-refractivity contribution is 1.28. The zero-order chi connectivity index (χ0) is 10.4. The first kappa shape index (κ1) is 10.6. The highest BCUT2D eigenvalue weighted by Gasteiger charge is 1.88. The van der Waals surface area contributed by atoms with Gasteiger partial charge in [-0.25, -0.2) is 0 Å². The molecule has 0 aliphatic carbocycles. The van der Waals surface area contributed by atoms with Crippen molar-refractivity contribution in [3.05, 3.63) is 41.0 Å². The Balaban J connectivity index is 2.84. The second-order valence-corrected chi connectivity index (χ2v) is 3.50. The van der Waals surface area contributed by atoms with Crippen LogP contribution in [0.2, 0.25) is 0 Å². The van der Waals surface area contributed by atoms with Gasteiger partial charge in [-0.15, -0.1) is 0 Å². The van der Waals surface area contributed by atoms with E-state index >= 15 is 0 Å². The molecule has 0 bridgehead atoms. The third-order valence-electron chi connectivity index (χ3n) is 1.78. The molecule has 0 nitrogen and oxygen atoms in total. The molecule has 0 aliphatic rings. The quantitative estimate of drug-likeness (QED) is 0.581. The second-order valence-electron chi connectivity index (χ2n) is 3.50. The van der Waals surface area contributed by atoms with Crippen molar-refractivity contribution in [2.45, 2.75) is 27.2 Å². The number of hydrogen-bond acceptors (Lipinski definition) is 0. The number of rotatable bonds is 1. The predicted octanol–water partition coefficient (Wildman–Crippen LogP) is 3.87. The van der Waals surface area contributed by atoms with E-state index in [9.17, 15) is 0 Å². The van der Waals surface area contributed by atoms with Crippen LogP contribution in [0.25, 0.3) is 6.08 Å². The average Bonchev–Trinajstić information content (AvgIpc) is 2.16. The standard InChI is InChI=1S/C14H16/c1-4-5-6-13-7-9-14(10-8-13)11-12(2)3/h7-11H,4H2,1-3H3. The SMILES string of the molecule is CCC#Cc1ccc(C=C(C)C)cc1. The lowest BCUT2D eigenvalue weighted by Gasteiger charge is -1.95. The van der Waals surface area contributed by atoms with Gasteiger partial charge in [-0.3, -0.25) is 0 Å². The van der Waals surface area contributed by atoms with Crippen LogP contribution in [-0.2, 0) is 0 Å². The Kier molecular flexibility index (Phi) is 4.01. The monoisotopic (exact) mass is 184 g/mol. The van der Waals surface area contributed by atoms with Crippen molar-refractivity contribution >= 4 is 6.08 Å². The van der Waals surface area contributed by atoms with Crippen LogP contribution in [0, 0.1) is 11.8 Å². The zero-order valence-corrected chi connectivity index (χ0v) is 9.09. The van der Waals surface area contributed by atoms with E-state index in [1.54, 1.807) is 0 Å². The van der Waals surface area contributed by atoms with E-state index in [1.807, 2.05) is 0 Å². The number of hydrogen-bond donors (Lipinski definition) is 0. The van der Waals surface area contributed by atoms with Crippen LogP contribution >= 0.6 is 0 Å². The normalized spacial score (nSPS) is 8.79. The topological polar surface area (TPSA) is 0 Å². The van der Waals surface area contributed by atoms with E-state index in [-0.39, 0.29) is 0 Å². The first-order chi connectivity index (χ1) is 6.72. The summed E-state index contributed by atoms with van der Waals surface area (Å²) in [7, 11) is 0. The van der Waals surface area contributed by atoms with Crippen LogP contribution in [0.15, 0.2) is 29.8 Å². The van der Waals surface area contributed by atoms with Gasteiger partial charge in [-0.05, 0) is 31.5 Å². The molecule has 0 fully saturated rings. The van der Waals surface area contributed by atoms with Gasteiger partial charge in [0.15, 0.2) is 0 Å². The van der Waals surface area contributed by atoms with Crippen LogP contribution in [0.4, 0.5) is 0 Å². The minimum Gasteiger partial charge on any atom is -0.0982 e. The summed E-state index contributed by atoms with van der Waals surface area (Å²) < 4.78 is 0. The Hall–Kier alpha value is -1.48. The molecule has 0 unspecified atom stereocenters. The molecule has 1 aromatic rings. The Morgan fingerprint density at radius 2 is 1.86 bits per heavy atom. The molecule has 0 N–H and O–H groups in total. The maximum atomic E-state index is 3.10. The molecule has 72 valence electrons. The van der Waals surface area contributed by atoms with Crippen LogP contribution in [0.5, 0.6) is 0 Å². The molecule has 0 aromatic heterocycles. The average molecular weight is 184 g/mol. The molecule has 0 amide bonds. The highest BCUT2D eigenvalue weighted by Crippen LogP contribution is 2.07. The van der Waals surface area contributed by atoms with Crippen molar-refractivity contribution < 1.29 is 0 Å². The summed E-state index contributed by atoms with van der Waals surface area (Å²) in [6.07, 6.45) is 3.08. The van der Waals surface area contributed by atoms with Crippen molar-refractivity contribution in [1.29, 1.82) is 0 Å². The molecule has 1 rings (SSSR count). The van der Waals surface area contributed by atoms with Gasteiger partial charge < -0.3 is 0 Å². The van der Waals surface area contributed by atoms with Gasteiger partial charge in [0.1, 0.15) is 0 Å². The molecule has 0 spiro atoms. The third-order valence-corrected chi connectivity index (χ3v) is 1.78. The van der Waals surface area contributed by atoms with Crippen molar-refractivity contribution in [2.24, 2.45) is 0 Å². The molecule has 14 heavy (non-hydrogen) atoms. The van der Waals surface area contributed by atoms with Crippen LogP contribution in [0.3, 0.4) is 0 Å². The molecular formula is C14H16. The molecule has 0 saturated heterocycles. The minimum absolute atomic E-state index is 0.912.